The predicted molar refractivity (Wildman–Crippen MR) is 81.0 cm³/mol. The van der Waals surface area contributed by atoms with Crippen LogP contribution in [0, 0.1) is 0 Å². The highest BCUT2D eigenvalue weighted by molar-refractivity contribution is 6.58. The van der Waals surface area contributed by atoms with Gasteiger partial charge in [0.05, 0.1) is 0 Å². The van der Waals surface area contributed by atoms with Crippen molar-refractivity contribution < 1.29 is 22.1 Å². The third kappa shape index (κ3) is 2.69. The van der Waals surface area contributed by atoms with Crippen molar-refractivity contribution in [1.29, 1.82) is 0 Å². The lowest BCUT2D eigenvalue weighted by Crippen LogP contribution is -2.29. The standard InChI is InChI=1S/C15H13BO4.2H2/c17-16(18)12-6-7-15-11(8-12)9-14(20-15)10-19-13-4-2-1-3-5-13;;/h1-9,17-18H,10H2;2*1H. The second-order valence-electron chi connectivity index (χ2n) is 4.49. The zero-order chi connectivity index (χ0) is 13.9. The smallest absolute Gasteiger partial charge is 0.486 e. The van der Waals surface area contributed by atoms with Gasteiger partial charge >= 0.3 is 7.12 Å². The van der Waals surface area contributed by atoms with Crippen LogP contribution in [-0.2, 0) is 6.61 Å². The van der Waals surface area contributed by atoms with E-state index in [1.54, 1.807) is 18.2 Å². The van der Waals surface area contributed by atoms with Crippen molar-refractivity contribution in [1.82, 2.24) is 0 Å². The maximum atomic E-state index is 9.14. The third-order valence-corrected chi connectivity index (χ3v) is 3.01. The van der Waals surface area contributed by atoms with E-state index >= 15 is 0 Å². The Morgan fingerprint density at radius 3 is 2.60 bits per heavy atom. The fraction of sp³-hybridized carbons (Fsp3) is 0.0667. The highest BCUT2D eigenvalue weighted by atomic mass is 16.5. The van der Waals surface area contributed by atoms with Gasteiger partial charge in [0.25, 0.3) is 0 Å². The van der Waals surface area contributed by atoms with Crippen molar-refractivity contribution in [3.63, 3.8) is 0 Å². The van der Waals surface area contributed by atoms with E-state index in [0.717, 1.165) is 11.1 Å². The van der Waals surface area contributed by atoms with Crippen LogP contribution in [0.3, 0.4) is 0 Å². The van der Waals surface area contributed by atoms with Gasteiger partial charge in [-0.1, -0.05) is 30.3 Å². The fourth-order valence-corrected chi connectivity index (χ4v) is 2.02. The average molecular weight is 272 g/mol. The Labute approximate surface area is 119 Å². The number of furan rings is 1. The summed E-state index contributed by atoms with van der Waals surface area (Å²) >= 11 is 0. The summed E-state index contributed by atoms with van der Waals surface area (Å²) in [4.78, 5) is 0. The second-order valence-corrected chi connectivity index (χ2v) is 4.49. The first-order chi connectivity index (χ1) is 9.72. The predicted octanol–water partition coefficient (Wildman–Crippen LogP) is 2.18. The van der Waals surface area contributed by atoms with E-state index in [9.17, 15) is 0 Å². The Kier molecular flexibility index (Phi) is 3.45. The number of ether oxygens (including phenoxy) is 1. The molecule has 3 rings (SSSR count). The number of para-hydroxylation sites is 1. The summed E-state index contributed by atoms with van der Waals surface area (Å²) in [5.41, 5.74) is 1.13. The monoisotopic (exact) mass is 272 g/mol. The van der Waals surface area contributed by atoms with E-state index in [1.165, 1.54) is 0 Å². The second kappa shape index (κ2) is 5.40. The molecule has 0 aliphatic rings. The van der Waals surface area contributed by atoms with E-state index in [1.807, 2.05) is 36.4 Å². The SMILES string of the molecule is OB(O)c1ccc2oc(COc3ccccc3)cc2c1.[HH].[HH]. The Hall–Kier alpha value is -2.24. The molecule has 2 N–H and O–H groups in total. The molecule has 0 aliphatic carbocycles. The van der Waals surface area contributed by atoms with Crippen molar-refractivity contribution in [3.8, 4) is 5.75 Å². The minimum atomic E-state index is -1.47. The molecule has 1 heterocycles. The molecule has 0 amide bonds. The molecule has 0 unspecified atom stereocenters. The van der Waals surface area contributed by atoms with E-state index in [0.29, 0.717) is 23.4 Å². The Balaban J connectivity index is 0.00000121. The molecular formula is C15H17BO4. The molecule has 5 heteroatoms. The van der Waals surface area contributed by atoms with Crippen LogP contribution in [0.25, 0.3) is 11.0 Å². The van der Waals surface area contributed by atoms with Crippen molar-refractivity contribution in [2.45, 2.75) is 6.61 Å². The lowest BCUT2D eigenvalue weighted by molar-refractivity contribution is 0.274. The summed E-state index contributed by atoms with van der Waals surface area (Å²) < 4.78 is 11.2. The quantitative estimate of drug-likeness (QED) is 0.714. The van der Waals surface area contributed by atoms with Gasteiger partial charge in [0, 0.05) is 8.24 Å². The molecule has 0 saturated carbocycles. The lowest BCUT2D eigenvalue weighted by atomic mass is 9.80. The van der Waals surface area contributed by atoms with Crippen LogP contribution in [0.2, 0.25) is 0 Å². The zero-order valence-corrected chi connectivity index (χ0v) is 10.7. The topological polar surface area (TPSA) is 62.8 Å². The van der Waals surface area contributed by atoms with E-state index in [-0.39, 0.29) is 2.85 Å². The van der Waals surface area contributed by atoms with Crippen LogP contribution in [0.15, 0.2) is 59.0 Å². The van der Waals surface area contributed by atoms with Crippen molar-refractivity contribution in [2.24, 2.45) is 0 Å². The van der Waals surface area contributed by atoms with Crippen molar-refractivity contribution in [2.75, 3.05) is 0 Å². The van der Waals surface area contributed by atoms with Crippen LogP contribution in [0.5, 0.6) is 5.75 Å². The Bertz CT molecular complexity index is 716. The maximum absolute atomic E-state index is 9.14. The average Bonchev–Trinajstić information content (AvgIpc) is 2.88. The van der Waals surface area contributed by atoms with Crippen LogP contribution >= 0.6 is 0 Å². The van der Waals surface area contributed by atoms with Gasteiger partial charge in [-0.25, -0.2) is 0 Å². The number of rotatable bonds is 4. The molecule has 0 fully saturated rings. The highest BCUT2D eigenvalue weighted by Crippen LogP contribution is 2.20. The first kappa shape index (κ1) is 12.8. The molecule has 0 aliphatic heterocycles. The fourth-order valence-electron chi connectivity index (χ4n) is 2.02. The summed E-state index contributed by atoms with van der Waals surface area (Å²) in [6.45, 7) is 0.329. The van der Waals surface area contributed by atoms with E-state index < -0.39 is 7.12 Å². The zero-order valence-electron chi connectivity index (χ0n) is 10.7. The lowest BCUT2D eigenvalue weighted by Gasteiger charge is -2.02. The largest absolute Gasteiger partial charge is 0.488 e. The first-order valence-corrected chi connectivity index (χ1v) is 6.29. The molecule has 0 bridgehead atoms. The summed E-state index contributed by atoms with van der Waals surface area (Å²) in [7, 11) is -1.47. The molecule has 2 aromatic carbocycles. The van der Waals surface area contributed by atoms with Gasteiger partial charge in [-0.3, -0.25) is 0 Å². The van der Waals surface area contributed by atoms with E-state index in [4.69, 9.17) is 19.2 Å². The molecule has 3 aromatic rings. The number of hydrogen-bond donors (Lipinski definition) is 2. The van der Waals surface area contributed by atoms with Crippen molar-refractivity contribution >= 4 is 23.6 Å². The van der Waals surface area contributed by atoms with Crippen molar-refractivity contribution in [3.05, 3.63) is 60.4 Å². The summed E-state index contributed by atoms with van der Waals surface area (Å²) in [6, 6.07) is 16.4. The van der Waals surface area contributed by atoms with Gasteiger partial charge in [-0.05, 0) is 29.7 Å². The Morgan fingerprint density at radius 1 is 1.05 bits per heavy atom. The Morgan fingerprint density at radius 2 is 1.85 bits per heavy atom. The number of hydrogen-bond acceptors (Lipinski definition) is 4. The maximum Gasteiger partial charge on any atom is 0.488 e. The molecule has 0 spiro atoms. The highest BCUT2D eigenvalue weighted by Gasteiger charge is 2.13. The van der Waals surface area contributed by atoms with Crippen LogP contribution in [0.4, 0.5) is 0 Å². The molecule has 0 saturated heterocycles. The van der Waals surface area contributed by atoms with Crippen LogP contribution < -0.4 is 10.2 Å². The molecule has 20 heavy (non-hydrogen) atoms. The van der Waals surface area contributed by atoms with Crippen LogP contribution in [0.1, 0.15) is 8.61 Å². The molecule has 1 aromatic heterocycles. The molecule has 4 nitrogen and oxygen atoms in total. The molecule has 104 valence electrons. The van der Waals surface area contributed by atoms with Gasteiger partial charge in [0.1, 0.15) is 23.7 Å². The third-order valence-electron chi connectivity index (χ3n) is 3.01. The first-order valence-electron chi connectivity index (χ1n) is 6.29. The normalized spacial score (nSPS) is 10.7. The molecular weight excluding hydrogens is 255 g/mol. The summed E-state index contributed by atoms with van der Waals surface area (Å²) in [6.07, 6.45) is 0. The molecule has 0 atom stereocenters. The minimum absolute atomic E-state index is 0. The molecule has 0 radical (unpaired) electrons. The van der Waals surface area contributed by atoms with Gasteiger partial charge in [0.15, 0.2) is 0 Å². The minimum Gasteiger partial charge on any atom is -0.486 e. The number of benzene rings is 2. The van der Waals surface area contributed by atoms with E-state index in [2.05, 4.69) is 0 Å². The van der Waals surface area contributed by atoms with Crippen LogP contribution in [-0.4, -0.2) is 17.2 Å². The van der Waals surface area contributed by atoms with Gasteiger partial charge in [0.2, 0.25) is 0 Å². The summed E-state index contributed by atoms with van der Waals surface area (Å²) in [5.74, 6) is 1.47. The number of fused-ring (bicyclic) bond motifs is 1. The van der Waals surface area contributed by atoms with Gasteiger partial charge in [-0.15, -0.1) is 0 Å². The summed E-state index contributed by atoms with van der Waals surface area (Å²) in [5, 5.41) is 19.1. The van der Waals surface area contributed by atoms with Gasteiger partial charge < -0.3 is 19.2 Å². The van der Waals surface area contributed by atoms with Gasteiger partial charge in [-0.2, -0.15) is 0 Å².